The Morgan fingerprint density at radius 3 is 2.51 bits per heavy atom. The molecule has 18 heteroatoms. The molecule has 0 atom stereocenters. The number of carbonyl (C=O) groups excluding carboxylic acids is 2. The molecule has 3 aromatic heterocycles. The standard InChI is InChI=1S/C41H37ClF3N9O5/c1-3-31-34(51-15-17-52(18-16-51)38(56)33-35(24(2)46-23-47-33)59-22-25-8-5-4-6-9-25)39(57)54-40(49-37(50-54)28-11-7-10-26-14-19-58-36(26)28)53(31)21-32(55)48-30-13-12-27(20-29(30)42)41(43,44)45/h4-13,20,23H,3,14-19,21-22H2,1-2H3,(H,48,55). The molecule has 1 N–H and O–H groups in total. The van der Waals surface area contributed by atoms with E-state index in [1.165, 1.54) is 6.33 Å². The van der Waals surface area contributed by atoms with Crippen molar-refractivity contribution < 1.29 is 32.2 Å². The fourth-order valence-corrected chi connectivity index (χ4v) is 7.59. The van der Waals surface area contributed by atoms with Gasteiger partial charge in [0.2, 0.25) is 11.7 Å². The first-order valence-electron chi connectivity index (χ1n) is 18.9. The minimum atomic E-state index is -4.62. The molecule has 0 aliphatic carbocycles. The highest BCUT2D eigenvalue weighted by atomic mass is 35.5. The number of hydrogen-bond acceptors (Lipinski definition) is 10. The van der Waals surface area contributed by atoms with Gasteiger partial charge < -0.3 is 29.2 Å². The van der Waals surface area contributed by atoms with E-state index in [9.17, 15) is 27.6 Å². The number of hydrogen-bond donors (Lipinski definition) is 1. The Bertz CT molecular complexity index is 2640. The number of amides is 2. The van der Waals surface area contributed by atoms with Crippen molar-refractivity contribution in [2.45, 2.75) is 46.0 Å². The van der Waals surface area contributed by atoms with Crippen molar-refractivity contribution in [3.63, 3.8) is 0 Å². The summed E-state index contributed by atoms with van der Waals surface area (Å²) < 4.78 is 54.7. The van der Waals surface area contributed by atoms with Crippen molar-refractivity contribution in [3.05, 3.63) is 122 Å². The minimum absolute atomic E-state index is 0.0209. The number of ether oxygens (including phenoxy) is 2. The summed E-state index contributed by atoms with van der Waals surface area (Å²) in [5, 5.41) is 6.96. The Hall–Kier alpha value is -6.49. The maximum atomic E-state index is 14.5. The molecule has 2 aliphatic heterocycles. The molecule has 14 nitrogen and oxygen atoms in total. The van der Waals surface area contributed by atoms with E-state index in [2.05, 4.69) is 20.4 Å². The Morgan fingerprint density at radius 2 is 1.78 bits per heavy atom. The summed E-state index contributed by atoms with van der Waals surface area (Å²) in [6.45, 7) is 4.84. The number of aryl methyl sites for hydroxylation is 1. The highest BCUT2D eigenvalue weighted by Gasteiger charge is 2.33. The number of alkyl halides is 3. The van der Waals surface area contributed by atoms with Gasteiger partial charge in [-0.1, -0.05) is 61.0 Å². The number of aromatic nitrogens is 6. The Morgan fingerprint density at radius 1 is 1.00 bits per heavy atom. The van der Waals surface area contributed by atoms with Gasteiger partial charge in [0.15, 0.2) is 17.3 Å². The molecule has 1 saturated heterocycles. The van der Waals surface area contributed by atoms with Gasteiger partial charge in [-0.3, -0.25) is 14.4 Å². The summed E-state index contributed by atoms with van der Waals surface area (Å²) in [6, 6.07) is 17.8. The van der Waals surface area contributed by atoms with Gasteiger partial charge in [-0.2, -0.15) is 22.7 Å². The first-order chi connectivity index (χ1) is 28.4. The van der Waals surface area contributed by atoms with Crippen LogP contribution in [0.2, 0.25) is 5.02 Å². The summed E-state index contributed by atoms with van der Waals surface area (Å²) in [6.07, 6.45) is -2.32. The zero-order valence-electron chi connectivity index (χ0n) is 31.9. The number of rotatable bonds is 10. The van der Waals surface area contributed by atoms with Crippen LogP contribution in [0, 0.1) is 6.92 Å². The molecular weight excluding hydrogens is 791 g/mol. The molecule has 8 rings (SSSR count). The monoisotopic (exact) mass is 827 g/mol. The van der Waals surface area contributed by atoms with E-state index in [0.717, 1.165) is 33.8 Å². The smallest absolute Gasteiger partial charge is 0.416 e. The molecule has 0 spiro atoms. The third-order valence-corrected chi connectivity index (χ3v) is 10.6. The maximum absolute atomic E-state index is 14.5. The van der Waals surface area contributed by atoms with Gasteiger partial charge in [-0.15, -0.1) is 5.10 Å². The molecule has 2 amide bonds. The summed E-state index contributed by atoms with van der Waals surface area (Å²) >= 11 is 6.18. The number of halogens is 4. The van der Waals surface area contributed by atoms with E-state index < -0.39 is 29.8 Å². The van der Waals surface area contributed by atoms with E-state index in [0.29, 0.717) is 35.7 Å². The van der Waals surface area contributed by atoms with Crippen molar-refractivity contribution in [1.29, 1.82) is 0 Å². The summed E-state index contributed by atoms with van der Waals surface area (Å²) in [7, 11) is 0. The van der Waals surface area contributed by atoms with Crippen molar-refractivity contribution in [3.8, 4) is 22.9 Å². The van der Waals surface area contributed by atoms with Crippen LogP contribution in [0.5, 0.6) is 11.5 Å². The molecule has 5 heterocycles. The second-order valence-electron chi connectivity index (χ2n) is 14.0. The molecule has 0 radical (unpaired) electrons. The van der Waals surface area contributed by atoms with Crippen LogP contribution in [-0.2, 0) is 37.0 Å². The highest BCUT2D eigenvalue weighted by Crippen LogP contribution is 2.36. The molecule has 6 aromatic rings. The van der Waals surface area contributed by atoms with Crippen LogP contribution in [0.1, 0.15) is 45.5 Å². The van der Waals surface area contributed by atoms with Crippen LogP contribution in [0.3, 0.4) is 0 Å². The van der Waals surface area contributed by atoms with Crippen molar-refractivity contribution in [1.82, 2.24) is 34.0 Å². The summed E-state index contributed by atoms with van der Waals surface area (Å²) in [5.41, 5.74) is 2.39. The van der Waals surface area contributed by atoms with Crippen LogP contribution < -0.4 is 25.2 Å². The number of para-hydroxylation sites is 1. The highest BCUT2D eigenvalue weighted by molar-refractivity contribution is 6.33. The normalized spacial score (nSPS) is 14.0. The number of fused-ring (bicyclic) bond motifs is 2. The zero-order chi connectivity index (χ0) is 41.4. The van der Waals surface area contributed by atoms with Gasteiger partial charge in [-0.05, 0) is 48.7 Å². The molecule has 0 bridgehead atoms. The number of anilines is 2. The summed E-state index contributed by atoms with van der Waals surface area (Å²) in [4.78, 5) is 59.0. The fraction of sp³-hybridized carbons (Fsp3) is 0.293. The fourth-order valence-electron chi connectivity index (χ4n) is 7.36. The van der Waals surface area contributed by atoms with Crippen LogP contribution >= 0.6 is 11.6 Å². The minimum Gasteiger partial charge on any atom is -0.492 e. The Kier molecular flexibility index (Phi) is 10.7. The topological polar surface area (TPSA) is 149 Å². The maximum Gasteiger partial charge on any atom is 0.416 e. The quantitative estimate of drug-likeness (QED) is 0.174. The number of nitrogens with zero attached hydrogens (tertiary/aromatic N) is 8. The van der Waals surface area contributed by atoms with Crippen molar-refractivity contribution in [2.24, 2.45) is 0 Å². The molecule has 2 aliphatic rings. The first kappa shape index (κ1) is 39.3. The number of piperazine rings is 1. The average Bonchev–Trinajstić information content (AvgIpc) is 3.90. The lowest BCUT2D eigenvalue weighted by molar-refractivity contribution is -0.137. The van der Waals surface area contributed by atoms with Gasteiger partial charge in [0.1, 0.15) is 30.9 Å². The van der Waals surface area contributed by atoms with E-state index >= 15 is 0 Å². The molecule has 1 fully saturated rings. The largest absolute Gasteiger partial charge is 0.492 e. The molecule has 3 aromatic carbocycles. The van der Waals surface area contributed by atoms with Gasteiger partial charge in [0.25, 0.3) is 11.5 Å². The van der Waals surface area contributed by atoms with Crippen LogP contribution in [0.25, 0.3) is 17.2 Å². The van der Waals surface area contributed by atoms with Crippen LogP contribution in [0.15, 0.2) is 77.9 Å². The predicted molar refractivity (Wildman–Crippen MR) is 212 cm³/mol. The van der Waals surface area contributed by atoms with E-state index in [1.807, 2.05) is 54.3 Å². The number of carbonyl (C=O) groups is 2. The third kappa shape index (κ3) is 7.77. The third-order valence-electron chi connectivity index (χ3n) is 10.3. The SMILES string of the molecule is CCc1c(N2CCN(C(=O)c3ncnc(C)c3OCc3ccccc3)CC2)c(=O)n2nc(-c3cccc4c3OCC4)nc2n1CC(=O)Nc1ccc(C(F)(F)F)cc1Cl. The lowest BCUT2D eigenvalue weighted by Crippen LogP contribution is -2.51. The Balaban J connectivity index is 1.11. The van der Waals surface area contributed by atoms with Gasteiger partial charge in [0.05, 0.1) is 39.8 Å². The van der Waals surface area contributed by atoms with Gasteiger partial charge in [-0.25, -0.2) is 9.97 Å². The van der Waals surface area contributed by atoms with E-state index in [4.69, 9.17) is 26.1 Å². The number of benzene rings is 3. The molecule has 304 valence electrons. The van der Waals surface area contributed by atoms with Crippen molar-refractivity contribution >= 4 is 40.6 Å². The summed E-state index contributed by atoms with van der Waals surface area (Å²) in [5.74, 6) is 0.205. The lowest BCUT2D eigenvalue weighted by Gasteiger charge is -2.36. The Labute approximate surface area is 340 Å². The van der Waals surface area contributed by atoms with Gasteiger partial charge in [0, 0.05) is 32.6 Å². The number of nitrogens with one attached hydrogen (secondary N) is 1. The lowest BCUT2D eigenvalue weighted by atomic mass is 10.1. The van der Waals surface area contributed by atoms with Crippen LogP contribution in [-0.4, -0.2) is 78.6 Å². The second-order valence-corrected chi connectivity index (χ2v) is 14.4. The first-order valence-corrected chi connectivity index (χ1v) is 19.3. The average molecular weight is 828 g/mol. The molecule has 0 unspecified atom stereocenters. The molecule has 0 saturated carbocycles. The molecular formula is C41H37ClF3N9O5. The van der Waals surface area contributed by atoms with E-state index in [1.54, 1.807) is 22.5 Å². The van der Waals surface area contributed by atoms with Crippen molar-refractivity contribution in [2.75, 3.05) is 43.0 Å². The molecule has 59 heavy (non-hydrogen) atoms. The zero-order valence-corrected chi connectivity index (χ0v) is 32.7. The van der Waals surface area contributed by atoms with Crippen LogP contribution in [0.4, 0.5) is 24.5 Å². The van der Waals surface area contributed by atoms with Gasteiger partial charge >= 0.3 is 6.18 Å². The second kappa shape index (κ2) is 16.0. The van der Waals surface area contributed by atoms with E-state index in [-0.39, 0.29) is 84.6 Å². The predicted octanol–water partition coefficient (Wildman–Crippen LogP) is 6.01.